The van der Waals surface area contributed by atoms with Crippen LogP contribution in [0.5, 0.6) is 5.75 Å². The van der Waals surface area contributed by atoms with E-state index >= 15 is 0 Å². The molecule has 174 valence electrons. The molecule has 9 heteroatoms. The fraction of sp³-hybridized carbons (Fsp3) is 0.280. The number of primary amides is 1. The third-order valence-corrected chi connectivity index (χ3v) is 6.46. The zero-order chi connectivity index (χ0) is 23.8. The van der Waals surface area contributed by atoms with Crippen LogP contribution < -0.4 is 20.9 Å². The molecule has 0 aliphatic carbocycles. The molecular weight excluding hydrogens is 434 g/mol. The molecule has 0 atom stereocenters. The number of benzene rings is 2. The van der Waals surface area contributed by atoms with Crippen molar-refractivity contribution in [2.75, 3.05) is 25.1 Å². The van der Waals surface area contributed by atoms with Crippen LogP contribution in [-0.2, 0) is 7.05 Å². The molecule has 34 heavy (non-hydrogen) atoms. The zero-order valence-corrected chi connectivity index (χ0v) is 19.0. The van der Waals surface area contributed by atoms with Gasteiger partial charge >= 0.3 is 0 Å². The minimum Gasteiger partial charge on any atom is -0.497 e. The average molecular weight is 460 g/mol. The number of methoxy groups -OCH3 is 1. The predicted molar refractivity (Wildman–Crippen MR) is 128 cm³/mol. The monoisotopic (exact) mass is 459 g/mol. The van der Waals surface area contributed by atoms with Gasteiger partial charge < -0.3 is 24.5 Å². The average Bonchev–Trinajstić information content (AvgIpc) is 3.36. The molecule has 2 N–H and O–H groups in total. The SMILES string of the molecule is COc1ccc2c(c1)c(N1CCC(c3nc(-c4ccccc4)no3)CC1)c(C(N)=O)c(=O)n2C. The number of nitrogens with zero attached hydrogens (tertiary/aromatic N) is 4. The van der Waals surface area contributed by atoms with Crippen LogP contribution in [0, 0.1) is 0 Å². The Morgan fingerprint density at radius 1 is 1.15 bits per heavy atom. The number of amides is 1. The molecule has 1 aliphatic heterocycles. The van der Waals surface area contributed by atoms with Gasteiger partial charge in [0.05, 0.1) is 18.3 Å². The standard InChI is InChI=1S/C25H25N5O4/c1-29-19-9-8-17(33-2)14-18(19)21(20(22(26)31)25(29)32)30-12-10-16(11-13-30)24-27-23(28-34-24)15-6-4-3-5-7-15/h3-9,14,16H,10-13H2,1-2H3,(H2,26,31). The summed E-state index contributed by atoms with van der Waals surface area (Å²) in [6.45, 7) is 1.21. The second-order valence-corrected chi connectivity index (χ2v) is 8.42. The lowest BCUT2D eigenvalue weighted by molar-refractivity contribution is 0.0999. The Bertz CT molecular complexity index is 1420. The maximum absolute atomic E-state index is 13.0. The molecule has 9 nitrogen and oxygen atoms in total. The van der Waals surface area contributed by atoms with Crippen LogP contribution in [0.2, 0.25) is 0 Å². The van der Waals surface area contributed by atoms with Crippen molar-refractivity contribution < 1.29 is 14.1 Å². The Morgan fingerprint density at radius 2 is 1.88 bits per heavy atom. The summed E-state index contributed by atoms with van der Waals surface area (Å²) < 4.78 is 12.4. The molecule has 2 aromatic heterocycles. The molecule has 0 spiro atoms. The number of ether oxygens (including phenoxy) is 1. The van der Waals surface area contributed by atoms with Gasteiger partial charge in [0.25, 0.3) is 11.5 Å². The van der Waals surface area contributed by atoms with Gasteiger partial charge in [0.15, 0.2) is 0 Å². The molecule has 1 saturated heterocycles. The van der Waals surface area contributed by atoms with Crippen LogP contribution in [-0.4, -0.2) is 40.8 Å². The number of anilines is 1. The van der Waals surface area contributed by atoms with E-state index in [0.717, 1.165) is 23.8 Å². The topological polar surface area (TPSA) is 116 Å². The van der Waals surface area contributed by atoms with Gasteiger partial charge in [-0.3, -0.25) is 9.59 Å². The van der Waals surface area contributed by atoms with Crippen LogP contribution in [0.4, 0.5) is 5.69 Å². The fourth-order valence-electron chi connectivity index (χ4n) is 4.64. The molecule has 1 fully saturated rings. The lowest BCUT2D eigenvalue weighted by Gasteiger charge is -2.34. The second-order valence-electron chi connectivity index (χ2n) is 8.42. The molecule has 4 aromatic rings. The van der Waals surface area contributed by atoms with Crippen LogP contribution in [0.3, 0.4) is 0 Å². The largest absolute Gasteiger partial charge is 0.497 e. The third kappa shape index (κ3) is 3.68. The van der Waals surface area contributed by atoms with Gasteiger partial charge in [-0.25, -0.2) is 0 Å². The van der Waals surface area contributed by atoms with Crippen molar-refractivity contribution in [1.82, 2.24) is 14.7 Å². The molecule has 1 amide bonds. The molecule has 0 radical (unpaired) electrons. The maximum Gasteiger partial charge on any atom is 0.265 e. The Balaban J connectivity index is 1.48. The van der Waals surface area contributed by atoms with E-state index in [4.69, 9.17) is 15.0 Å². The summed E-state index contributed by atoms with van der Waals surface area (Å²) in [5, 5.41) is 4.89. The van der Waals surface area contributed by atoms with Crippen LogP contribution in [0.25, 0.3) is 22.3 Å². The highest BCUT2D eigenvalue weighted by Gasteiger charge is 2.30. The molecule has 3 heterocycles. The van der Waals surface area contributed by atoms with E-state index in [9.17, 15) is 9.59 Å². The highest BCUT2D eigenvalue weighted by atomic mass is 16.5. The van der Waals surface area contributed by atoms with E-state index in [0.29, 0.717) is 41.8 Å². The Kier molecular flexibility index (Phi) is 5.53. The summed E-state index contributed by atoms with van der Waals surface area (Å²) in [5.41, 5.74) is 7.43. The number of aryl methyl sites for hydroxylation is 1. The first-order chi connectivity index (χ1) is 16.5. The summed E-state index contributed by atoms with van der Waals surface area (Å²) in [6, 6.07) is 15.1. The number of nitrogens with two attached hydrogens (primary N) is 1. The molecule has 0 bridgehead atoms. The predicted octanol–water partition coefficient (Wildman–Crippen LogP) is 3.08. The van der Waals surface area contributed by atoms with Gasteiger partial charge in [-0.1, -0.05) is 35.5 Å². The quantitative estimate of drug-likeness (QED) is 0.487. The van der Waals surface area contributed by atoms with Crippen molar-refractivity contribution in [3.05, 3.63) is 70.3 Å². The van der Waals surface area contributed by atoms with Crippen LogP contribution in [0.15, 0.2) is 57.8 Å². The lowest BCUT2D eigenvalue weighted by Crippen LogP contribution is -2.38. The highest BCUT2D eigenvalue weighted by molar-refractivity contribution is 6.07. The van der Waals surface area contributed by atoms with E-state index in [1.54, 1.807) is 20.2 Å². The van der Waals surface area contributed by atoms with E-state index in [1.165, 1.54) is 4.57 Å². The van der Waals surface area contributed by atoms with E-state index < -0.39 is 11.5 Å². The minimum atomic E-state index is -0.744. The van der Waals surface area contributed by atoms with Crippen molar-refractivity contribution in [1.29, 1.82) is 0 Å². The first-order valence-electron chi connectivity index (χ1n) is 11.1. The highest BCUT2D eigenvalue weighted by Crippen LogP contribution is 2.36. The molecule has 0 saturated carbocycles. The Hall–Kier alpha value is -4.14. The van der Waals surface area contributed by atoms with Crippen LogP contribution >= 0.6 is 0 Å². The normalized spacial score (nSPS) is 14.5. The van der Waals surface area contributed by atoms with Gasteiger partial charge in [-0.15, -0.1) is 0 Å². The number of hydrogen-bond donors (Lipinski definition) is 1. The molecule has 2 aromatic carbocycles. The Morgan fingerprint density at radius 3 is 2.56 bits per heavy atom. The van der Waals surface area contributed by atoms with Crippen LogP contribution in [0.1, 0.15) is 35.0 Å². The number of carbonyl (C=O) groups is 1. The summed E-state index contributed by atoms with van der Waals surface area (Å²) in [5.74, 6) is 1.15. The number of rotatable bonds is 5. The van der Waals surface area contributed by atoms with Gasteiger partial charge in [-0.05, 0) is 31.0 Å². The number of carbonyl (C=O) groups excluding carboxylic acids is 1. The smallest absolute Gasteiger partial charge is 0.265 e. The number of fused-ring (bicyclic) bond motifs is 1. The van der Waals surface area contributed by atoms with Crippen molar-refractivity contribution in [2.24, 2.45) is 12.8 Å². The minimum absolute atomic E-state index is 0.00847. The second kappa shape index (κ2) is 8.66. The molecule has 0 unspecified atom stereocenters. The molecular formula is C25H25N5O4. The van der Waals surface area contributed by atoms with E-state index in [2.05, 4.69) is 10.1 Å². The number of hydrogen-bond acceptors (Lipinski definition) is 7. The lowest BCUT2D eigenvalue weighted by atomic mass is 9.95. The molecule has 1 aliphatic rings. The summed E-state index contributed by atoms with van der Waals surface area (Å²) in [7, 11) is 3.22. The fourth-order valence-corrected chi connectivity index (χ4v) is 4.64. The summed E-state index contributed by atoms with van der Waals surface area (Å²) >= 11 is 0. The maximum atomic E-state index is 13.0. The molecule has 5 rings (SSSR count). The van der Waals surface area contributed by atoms with Gasteiger partial charge in [-0.2, -0.15) is 4.98 Å². The van der Waals surface area contributed by atoms with Crippen molar-refractivity contribution in [3.63, 3.8) is 0 Å². The number of pyridine rings is 1. The van der Waals surface area contributed by atoms with E-state index in [-0.39, 0.29) is 11.5 Å². The third-order valence-electron chi connectivity index (χ3n) is 6.46. The van der Waals surface area contributed by atoms with Gasteiger partial charge in [0.1, 0.15) is 11.3 Å². The van der Waals surface area contributed by atoms with Crippen molar-refractivity contribution in [3.8, 4) is 17.1 Å². The summed E-state index contributed by atoms with van der Waals surface area (Å²) in [4.78, 5) is 32.1. The summed E-state index contributed by atoms with van der Waals surface area (Å²) in [6.07, 6.45) is 1.46. The number of aromatic nitrogens is 3. The first kappa shape index (κ1) is 21.7. The van der Waals surface area contributed by atoms with E-state index in [1.807, 2.05) is 47.4 Å². The van der Waals surface area contributed by atoms with Crippen molar-refractivity contribution in [2.45, 2.75) is 18.8 Å². The van der Waals surface area contributed by atoms with Gasteiger partial charge in [0, 0.05) is 37.0 Å². The van der Waals surface area contributed by atoms with Crippen molar-refractivity contribution >= 4 is 22.5 Å². The Labute approximate surface area is 195 Å². The zero-order valence-electron chi connectivity index (χ0n) is 19.0. The number of piperidine rings is 1. The first-order valence-corrected chi connectivity index (χ1v) is 11.1. The van der Waals surface area contributed by atoms with Gasteiger partial charge in [0.2, 0.25) is 11.7 Å².